The first-order valence-electron chi connectivity index (χ1n) is 9.63. The van der Waals surface area contributed by atoms with Gasteiger partial charge >= 0.3 is 0 Å². The smallest absolute Gasteiger partial charge is 0.0705 e. The molecular formula is C23H37N3. The lowest BCUT2D eigenvalue weighted by Crippen LogP contribution is -2.24. The van der Waals surface area contributed by atoms with Crippen molar-refractivity contribution in [1.82, 2.24) is 14.8 Å². The molecule has 0 unspecified atom stereocenters. The summed E-state index contributed by atoms with van der Waals surface area (Å²) in [5, 5.41) is 5.60. The van der Waals surface area contributed by atoms with Gasteiger partial charge in [0.05, 0.1) is 16.7 Å². The number of pyridine rings is 1. The molecule has 0 aliphatic rings. The van der Waals surface area contributed by atoms with E-state index in [1.165, 1.54) is 11.1 Å². The summed E-state index contributed by atoms with van der Waals surface area (Å²) in [6.07, 6.45) is 0. The van der Waals surface area contributed by atoms with E-state index in [-0.39, 0.29) is 5.54 Å². The molecule has 3 aromatic rings. The topological polar surface area (TPSA) is 30.7 Å². The molecule has 0 aliphatic heterocycles. The number of hydrogen-bond acceptors (Lipinski definition) is 2. The average Bonchev–Trinajstić information content (AvgIpc) is 2.97. The second-order valence-corrected chi connectivity index (χ2v) is 6.66. The number of fused-ring (bicyclic) bond motifs is 1. The van der Waals surface area contributed by atoms with Gasteiger partial charge in [-0.2, -0.15) is 5.10 Å². The number of aromatic nitrogens is 3. The molecule has 0 fully saturated rings. The van der Waals surface area contributed by atoms with Gasteiger partial charge in [-0.15, -0.1) is 0 Å². The van der Waals surface area contributed by atoms with Gasteiger partial charge < -0.3 is 0 Å². The maximum absolute atomic E-state index is 4.40. The molecule has 0 N–H and O–H groups in total. The fourth-order valence-corrected chi connectivity index (χ4v) is 2.48. The Morgan fingerprint density at radius 1 is 0.769 bits per heavy atom. The van der Waals surface area contributed by atoms with Gasteiger partial charge in [-0.25, -0.2) is 0 Å². The Kier molecular flexibility index (Phi) is 10.5. The van der Waals surface area contributed by atoms with Crippen LogP contribution in [0.2, 0.25) is 0 Å². The summed E-state index contributed by atoms with van der Waals surface area (Å²) in [6.45, 7) is 20.6. The van der Waals surface area contributed by atoms with Crippen LogP contribution < -0.4 is 0 Å². The van der Waals surface area contributed by atoms with Crippen molar-refractivity contribution < 1.29 is 0 Å². The largest absolute Gasteiger partial charge is 0.264 e. The van der Waals surface area contributed by atoms with Gasteiger partial charge in [0.1, 0.15) is 0 Å². The van der Waals surface area contributed by atoms with Crippen LogP contribution in [0, 0.1) is 20.8 Å². The van der Waals surface area contributed by atoms with Crippen molar-refractivity contribution in [2.45, 2.75) is 74.8 Å². The molecule has 0 aliphatic carbocycles. The summed E-state index contributed by atoms with van der Waals surface area (Å²) in [5.41, 5.74) is 4.59. The highest BCUT2D eigenvalue weighted by atomic mass is 15.3. The highest BCUT2D eigenvalue weighted by Gasteiger charge is 2.15. The lowest BCUT2D eigenvalue weighted by atomic mass is 10.1. The Labute approximate surface area is 160 Å². The van der Waals surface area contributed by atoms with Crippen LogP contribution in [0.5, 0.6) is 0 Å². The van der Waals surface area contributed by atoms with Crippen LogP contribution in [0.4, 0.5) is 0 Å². The molecule has 1 aromatic carbocycles. The fourth-order valence-electron chi connectivity index (χ4n) is 2.48. The number of nitrogens with zero attached hydrogens (tertiary/aromatic N) is 3. The van der Waals surface area contributed by atoms with E-state index in [1.54, 1.807) is 0 Å². The molecule has 26 heavy (non-hydrogen) atoms. The number of hydrogen-bond donors (Lipinski definition) is 0. The zero-order valence-electron chi connectivity index (χ0n) is 18.4. The van der Waals surface area contributed by atoms with Crippen molar-refractivity contribution in [1.29, 1.82) is 0 Å². The number of aryl methyl sites for hydroxylation is 3. The van der Waals surface area contributed by atoms with E-state index < -0.39 is 0 Å². The molecular weight excluding hydrogens is 318 g/mol. The minimum absolute atomic E-state index is 0.109. The van der Waals surface area contributed by atoms with Gasteiger partial charge in [0.15, 0.2) is 0 Å². The predicted molar refractivity (Wildman–Crippen MR) is 116 cm³/mol. The summed E-state index contributed by atoms with van der Waals surface area (Å²) in [6, 6.07) is 14.4. The SMILES string of the molecule is CC.CC.Cc1cc(C)n(C(C)(C)C)n1.Cc1ccc2ccccc2n1. The van der Waals surface area contributed by atoms with Crippen molar-refractivity contribution in [2.24, 2.45) is 0 Å². The van der Waals surface area contributed by atoms with E-state index >= 15 is 0 Å². The quantitative estimate of drug-likeness (QED) is 0.441. The van der Waals surface area contributed by atoms with Gasteiger partial charge in [-0.3, -0.25) is 9.67 Å². The van der Waals surface area contributed by atoms with Crippen molar-refractivity contribution in [3.05, 3.63) is 59.5 Å². The third-order valence-corrected chi connectivity index (χ3v) is 3.38. The van der Waals surface area contributed by atoms with Crippen LogP contribution in [0.25, 0.3) is 10.9 Å². The maximum atomic E-state index is 4.40. The highest BCUT2D eigenvalue weighted by molar-refractivity contribution is 5.78. The molecule has 0 bridgehead atoms. The van der Waals surface area contributed by atoms with E-state index in [2.05, 4.69) is 60.7 Å². The van der Waals surface area contributed by atoms with Crippen LogP contribution in [-0.2, 0) is 5.54 Å². The minimum Gasteiger partial charge on any atom is -0.264 e. The maximum Gasteiger partial charge on any atom is 0.0705 e. The molecule has 0 radical (unpaired) electrons. The molecule has 0 saturated heterocycles. The third kappa shape index (κ3) is 7.38. The first-order chi connectivity index (χ1) is 12.3. The lowest BCUT2D eigenvalue weighted by molar-refractivity contribution is 0.346. The monoisotopic (exact) mass is 355 g/mol. The minimum atomic E-state index is 0.109. The Bertz CT molecular complexity index is 764. The first kappa shape index (κ1) is 23.8. The summed E-state index contributed by atoms with van der Waals surface area (Å²) in [5.74, 6) is 0. The van der Waals surface area contributed by atoms with Gasteiger partial charge in [0.2, 0.25) is 0 Å². The van der Waals surface area contributed by atoms with Crippen LogP contribution in [0.15, 0.2) is 42.5 Å². The second-order valence-electron chi connectivity index (χ2n) is 6.66. The molecule has 0 atom stereocenters. The number of para-hydroxylation sites is 1. The second kappa shape index (κ2) is 11.5. The molecule has 3 heteroatoms. The zero-order chi connectivity index (χ0) is 20.3. The molecule has 0 amide bonds. The molecule has 0 saturated carbocycles. The molecule has 144 valence electrons. The van der Waals surface area contributed by atoms with Crippen molar-refractivity contribution in [3.8, 4) is 0 Å². The molecule has 3 rings (SSSR count). The third-order valence-electron chi connectivity index (χ3n) is 3.38. The van der Waals surface area contributed by atoms with Gasteiger partial charge in [0, 0.05) is 16.8 Å². The predicted octanol–water partition coefficient (Wildman–Crippen LogP) is 6.85. The van der Waals surface area contributed by atoms with Crippen molar-refractivity contribution >= 4 is 10.9 Å². The summed E-state index contributed by atoms with van der Waals surface area (Å²) < 4.78 is 2.06. The van der Waals surface area contributed by atoms with Crippen molar-refractivity contribution in [3.63, 3.8) is 0 Å². The molecule has 2 aromatic heterocycles. The Morgan fingerprint density at radius 2 is 1.35 bits per heavy atom. The number of rotatable bonds is 0. The van der Waals surface area contributed by atoms with E-state index in [9.17, 15) is 0 Å². The Hall–Kier alpha value is -2.16. The van der Waals surface area contributed by atoms with Crippen LogP contribution in [-0.4, -0.2) is 14.8 Å². The Morgan fingerprint density at radius 3 is 1.81 bits per heavy atom. The summed E-state index contributed by atoms with van der Waals surface area (Å²) >= 11 is 0. The van der Waals surface area contributed by atoms with Crippen LogP contribution >= 0.6 is 0 Å². The molecule has 3 nitrogen and oxygen atoms in total. The van der Waals surface area contributed by atoms with Crippen LogP contribution in [0.1, 0.15) is 65.5 Å². The van der Waals surface area contributed by atoms with Crippen molar-refractivity contribution in [2.75, 3.05) is 0 Å². The summed E-state index contributed by atoms with van der Waals surface area (Å²) in [4.78, 5) is 4.38. The van der Waals surface area contributed by atoms with Gasteiger partial charge in [-0.05, 0) is 59.7 Å². The average molecular weight is 356 g/mol. The summed E-state index contributed by atoms with van der Waals surface area (Å²) in [7, 11) is 0. The van der Waals surface area contributed by atoms with E-state index in [4.69, 9.17) is 0 Å². The first-order valence-corrected chi connectivity index (χ1v) is 9.63. The molecule has 0 spiro atoms. The van der Waals surface area contributed by atoms with Gasteiger partial charge in [0.25, 0.3) is 0 Å². The standard InChI is InChI=1S/C10H9N.C9H16N2.2C2H6/c1-8-6-7-9-4-2-3-5-10(9)11-8;1-7-6-8(2)11(10-7)9(3,4)5;2*1-2/h2-7H,1H3;6H,1-5H3;2*1-2H3. The van der Waals surface area contributed by atoms with Crippen LogP contribution in [0.3, 0.4) is 0 Å². The van der Waals surface area contributed by atoms with E-state index in [1.807, 2.05) is 65.8 Å². The van der Waals surface area contributed by atoms with E-state index in [0.717, 1.165) is 16.9 Å². The number of benzene rings is 1. The van der Waals surface area contributed by atoms with E-state index in [0.29, 0.717) is 0 Å². The lowest BCUT2D eigenvalue weighted by Gasteiger charge is -2.21. The highest BCUT2D eigenvalue weighted by Crippen LogP contribution is 2.16. The zero-order valence-corrected chi connectivity index (χ0v) is 18.4. The Balaban J connectivity index is 0.000000404. The normalized spacial score (nSPS) is 9.92. The van der Waals surface area contributed by atoms with Gasteiger partial charge in [-0.1, -0.05) is 52.0 Å². The fraction of sp³-hybridized carbons (Fsp3) is 0.478. The molecule has 2 heterocycles.